The zero-order valence-corrected chi connectivity index (χ0v) is 13.9. The van der Waals surface area contributed by atoms with E-state index >= 15 is 0 Å². The van der Waals surface area contributed by atoms with E-state index in [1.165, 1.54) is 0 Å². The molecule has 1 amide bonds. The second-order valence-electron chi connectivity index (χ2n) is 6.91. The second-order valence-corrected chi connectivity index (χ2v) is 6.91. The Morgan fingerprint density at radius 3 is 2.82 bits per heavy atom. The number of aliphatic hydroxyl groups excluding tert-OH is 1. The molecule has 0 bridgehead atoms. The van der Waals surface area contributed by atoms with Gasteiger partial charge in [-0.25, -0.2) is 4.79 Å². The Labute approximate surface area is 132 Å². The standard InChI is InChI=1S/C17H26N2O3/c1-12-8-9-18-11-13(12)15(20)14-7-5-6-10-19(14)16(21)22-17(2,3)4/h8-9,11,14-15,20H,5-7,10H2,1-4H3/t14-,15?/m0/s1. The number of piperidine rings is 1. The second kappa shape index (κ2) is 6.65. The van der Waals surface area contributed by atoms with Gasteiger partial charge in [-0.3, -0.25) is 4.98 Å². The Morgan fingerprint density at radius 2 is 2.18 bits per heavy atom. The Balaban J connectivity index is 2.19. The third-order valence-corrected chi connectivity index (χ3v) is 3.94. The van der Waals surface area contributed by atoms with E-state index in [1.807, 2.05) is 33.8 Å². The predicted octanol–water partition coefficient (Wildman–Crippen LogP) is 3.21. The number of carbonyl (C=O) groups is 1. The number of aromatic nitrogens is 1. The fourth-order valence-electron chi connectivity index (χ4n) is 2.83. The van der Waals surface area contributed by atoms with E-state index in [-0.39, 0.29) is 12.1 Å². The molecule has 1 aliphatic rings. The van der Waals surface area contributed by atoms with Crippen molar-refractivity contribution in [2.24, 2.45) is 0 Å². The monoisotopic (exact) mass is 306 g/mol. The van der Waals surface area contributed by atoms with Crippen LogP contribution in [0.1, 0.15) is 57.3 Å². The Kier molecular flexibility index (Phi) is 5.06. The summed E-state index contributed by atoms with van der Waals surface area (Å²) in [5.41, 5.74) is 1.23. The first-order valence-electron chi connectivity index (χ1n) is 7.88. The third-order valence-electron chi connectivity index (χ3n) is 3.94. The van der Waals surface area contributed by atoms with Gasteiger partial charge in [0.15, 0.2) is 0 Å². The average Bonchev–Trinajstić information content (AvgIpc) is 2.45. The van der Waals surface area contributed by atoms with Crippen LogP contribution < -0.4 is 0 Å². The van der Waals surface area contributed by atoms with Gasteiger partial charge in [-0.2, -0.15) is 0 Å². The van der Waals surface area contributed by atoms with Crippen LogP contribution in [0, 0.1) is 6.92 Å². The molecule has 22 heavy (non-hydrogen) atoms. The maximum atomic E-state index is 12.4. The molecular formula is C17H26N2O3. The van der Waals surface area contributed by atoms with Crippen LogP contribution in [-0.4, -0.2) is 39.3 Å². The summed E-state index contributed by atoms with van der Waals surface area (Å²) in [6.45, 7) is 8.12. The molecule has 0 aromatic carbocycles. The Morgan fingerprint density at radius 1 is 1.45 bits per heavy atom. The molecule has 2 atom stereocenters. The summed E-state index contributed by atoms with van der Waals surface area (Å²) in [7, 11) is 0. The molecule has 1 N–H and O–H groups in total. The van der Waals surface area contributed by atoms with Crippen LogP contribution in [0.25, 0.3) is 0 Å². The molecular weight excluding hydrogens is 280 g/mol. The highest BCUT2D eigenvalue weighted by Gasteiger charge is 2.35. The zero-order chi connectivity index (χ0) is 16.3. The van der Waals surface area contributed by atoms with Crippen molar-refractivity contribution in [2.45, 2.75) is 64.7 Å². The molecule has 1 saturated heterocycles. The van der Waals surface area contributed by atoms with Crippen molar-refractivity contribution in [1.29, 1.82) is 0 Å². The van der Waals surface area contributed by atoms with Crippen molar-refractivity contribution in [3.63, 3.8) is 0 Å². The van der Waals surface area contributed by atoms with E-state index in [4.69, 9.17) is 4.74 Å². The molecule has 122 valence electrons. The normalized spacial score (nSPS) is 20.6. The molecule has 2 heterocycles. The van der Waals surface area contributed by atoms with E-state index in [2.05, 4.69) is 4.98 Å². The van der Waals surface area contributed by atoms with Crippen LogP contribution in [0.2, 0.25) is 0 Å². The number of ether oxygens (including phenoxy) is 1. The average molecular weight is 306 g/mol. The van der Waals surface area contributed by atoms with Crippen molar-refractivity contribution in [1.82, 2.24) is 9.88 Å². The lowest BCUT2D eigenvalue weighted by Gasteiger charge is -2.39. The van der Waals surface area contributed by atoms with Crippen molar-refractivity contribution < 1.29 is 14.6 Å². The predicted molar refractivity (Wildman–Crippen MR) is 84.5 cm³/mol. The van der Waals surface area contributed by atoms with Crippen LogP contribution >= 0.6 is 0 Å². The van der Waals surface area contributed by atoms with Gasteiger partial charge in [0, 0.05) is 24.5 Å². The number of nitrogens with zero attached hydrogens (tertiary/aromatic N) is 2. The number of hydrogen-bond acceptors (Lipinski definition) is 4. The summed E-state index contributed by atoms with van der Waals surface area (Å²) in [5, 5.41) is 10.8. The summed E-state index contributed by atoms with van der Waals surface area (Å²) in [5.74, 6) is 0. The SMILES string of the molecule is Cc1ccncc1C(O)[C@@H]1CCCCN1C(=O)OC(C)(C)C. The molecule has 0 saturated carbocycles. The first kappa shape index (κ1) is 16.7. The lowest BCUT2D eigenvalue weighted by Crippen LogP contribution is -2.48. The van der Waals surface area contributed by atoms with E-state index in [0.717, 1.165) is 30.4 Å². The number of pyridine rings is 1. The van der Waals surface area contributed by atoms with Crippen molar-refractivity contribution in [2.75, 3.05) is 6.54 Å². The highest BCUT2D eigenvalue weighted by molar-refractivity contribution is 5.68. The summed E-state index contributed by atoms with van der Waals surface area (Å²) in [6.07, 6.45) is 5.02. The highest BCUT2D eigenvalue weighted by Crippen LogP contribution is 2.30. The molecule has 5 heteroatoms. The van der Waals surface area contributed by atoms with Gasteiger partial charge >= 0.3 is 6.09 Å². The first-order chi connectivity index (χ1) is 10.3. The summed E-state index contributed by atoms with van der Waals surface area (Å²) < 4.78 is 5.48. The van der Waals surface area contributed by atoms with Gasteiger partial charge in [0.2, 0.25) is 0 Å². The van der Waals surface area contributed by atoms with Crippen molar-refractivity contribution >= 4 is 6.09 Å². The van der Waals surface area contributed by atoms with E-state index in [0.29, 0.717) is 6.54 Å². The summed E-state index contributed by atoms with van der Waals surface area (Å²) >= 11 is 0. The van der Waals surface area contributed by atoms with E-state index in [9.17, 15) is 9.90 Å². The maximum absolute atomic E-state index is 12.4. The number of rotatable bonds is 2. The summed E-state index contributed by atoms with van der Waals surface area (Å²) in [4.78, 5) is 18.2. The summed E-state index contributed by atoms with van der Waals surface area (Å²) in [6, 6.07) is 1.62. The number of aryl methyl sites for hydroxylation is 1. The molecule has 0 aliphatic carbocycles. The van der Waals surface area contributed by atoms with E-state index < -0.39 is 11.7 Å². The van der Waals surface area contributed by atoms with Gasteiger partial charge in [0.05, 0.1) is 6.04 Å². The molecule has 2 rings (SSSR count). The third kappa shape index (κ3) is 3.97. The van der Waals surface area contributed by atoms with Crippen molar-refractivity contribution in [3.8, 4) is 0 Å². The Bertz CT molecular complexity index is 525. The molecule has 5 nitrogen and oxygen atoms in total. The van der Waals surface area contributed by atoms with Gasteiger partial charge in [-0.05, 0) is 58.6 Å². The molecule has 1 aliphatic heterocycles. The minimum atomic E-state index is -0.735. The zero-order valence-electron chi connectivity index (χ0n) is 13.9. The van der Waals surface area contributed by atoms with Gasteiger partial charge in [0.25, 0.3) is 0 Å². The quantitative estimate of drug-likeness (QED) is 0.911. The lowest BCUT2D eigenvalue weighted by atomic mass is 9.92. The molecule has 0 radical (unpaired) electrons. The van der Waals surface area contributed by atoms with Crippen LogP contribution in [0.3, 0.4) is 0 Å². The molecule has 1 fully saturated rings. The molecule has 0 spiro atoms. The van der Waals surface area contributed by atoms with Crippen molar-refractivity contribution in [3.05, 3.63) is 29.6 Å². The van der Waals surface area contributed by atoms with Crippen LogP contribution in [-0.2, 0) is 4.74 Å². The Hall–Kier alpha value is -1.62. The van der Waals surface area contributed by atoms with Crippen LogP contribution in [0.5, 0.6) is 0 Å². The van der Waals surface area contributed by atoms with Gasteiger partial charge < -0.3 is 14.7 Å². The lowest BCUT2D eigenvalue weighted by molar-refractivity contribution is -0.0171. The number of likely N-dealkylation sites (tertiary alicyclic amines) is 1. The number of amides is 1. The fraction of sp³-hybridized carbons (Fsp3) is 0.647. The maximum Gasteiger partial charge on any atom is 0.410 e. The molecule has 1 aromatic rings. The van der Waals surface area contributed by atoms with Crippen LogP contribution in [0.15, 0.2) is 18.5 Å². The fourth-order valence-corrected chi connectivity index (χ4v) is 2.83. The smallest absolute Gasteiger partial charge is 0.410 e. The van der Waals surface area contributed by atoms with Gasteiger partial charge in [-0.15, -0.1) is 0 Å². The molecule has 1 aromatic heterocycles. The first-order valence-corrected chi connectivity index (χ1v) is 7.88. The molecule has 1 unspecified atom stereocenters. The number of hydrogen-bond donors (Lipinski definition) is 1. The van der Waals surface area contributed by atoms with Gasteiger partial charge in [-0.1, -0.05) is 0 Å². The highest BCUT2D eigenvalue weighted by atomic mass is 16.6. The topological polar surface area (TPSA) is 62.7 Å². The minimum Gasteiger partial charge on any atom is -0.444 e. The number of aliphatic hydroxyl groups is 1. The van der Waals surface area contributed by atoms with Crippen LogP contribution in [0.4, 0.5) is 4.79 Å². The largest absolute Gasteiger partial charge is 0.444 e. The van der Waals surface area contributed by atoms with Gasteiger partial charge in [0.1, 0.15) is 11.7 Å². The number of carbonyl (C=O) groups excluding carboxylic acids is 1. The minimum absolute atomic E-state index is 0.258. The van der Waals surface area contributed by atoms with E-state index in [1.54, 1.807) is 17.3 Å².